The molecule has 8 nitrogen and oxygen atoms in total. The number of terminal acetylenes is 1. The molecule has 0 saturated carbocycles. The highest BCUT2D eigenvalue weighted by atomic mass is 16.6. The van der Waals surface area contributed by atoms with Gasteiger partial charge in [-0.05, 0) is 49.2 Å². The molecule has 2 unspecified atom stereocenters. The predicted octanol–water partition coefficient (Wildman–Crippen LogP) is 3.82. The first-order valence-corrected chi connectivity index (χ1v) is 11.4. The van der Waals surface area contributed by atoms with E-state index in [-0.39, 0.29) is 0 Å². The van der Waals surface area contributed by atoms with Gasteiger partial charge in [0.2, 0.25) is 0 Å². The molecule has 3 aromatic carbocycles. The molecule has 3 amide bonds. The highest BCUT2D eigenvalue weighted by molar-refractivity contribution is 6.01. The van der Waals surface area contributed by atoms with E-state index in [9.17, 15) is 19.5 Å². The van der Waals surface area contributed by atoms with E-state index < -0.39 is 42.2 Å². The Balaban J connectivity index is 1.90. The molecule has 0 aliphatic heterocycles. The molecule has 0 aliphatic rings. The van der Waals surface area contributed by atoms with Crippen LogP contribution in [0.15, 0.2) is 72.8 Å². The smallest absolute Gasteiger partial charge is 0.408 e. The molecule has 0 heterocycles. The third-order valence-electron chi connectivity index (χ3n) is 5.19. The van der Waals surface area contributed by atoms with Gasteiger partial charge in [-0.1, -0.05) is 67.1 Å². The van der Waals surface area contributed by atoms with Gasteiger partial charge in [0.05, 0.1) is 6.61 Å². The number of aliphatic hydroxyl groups excluding tert-OH is 1. The third-order valence-corrected chi connectivity index (χ3v) is 5.19. The van der Waals surface area contributed by atoms with Crippen LogP contribution in [-0.2, 0) is 14.3 Å². The fraction of sp³-hybridized carbons (Fsp3) is 0.250. The second-order valence-corrected chi connectivity index (χ2v) is 9.08. The normalized spacial score (nSPS) is 12.6. The minimum Gasteiger partial charge on any atom is -0.444 e. The molecular weight excluding hydrogens is 458 g/mol. The number of alkyl carbamates (subject to hydrolysis) is 1. The van der Waals surface area contributed by atoms with Crippen LogP contribution < -0.4 is 10.6 Å². The average molecular weight is 488 g/mol. The van der Waals surface area contributed by atoms with Gasteiger partial charge >= 0.3 is 6.09 Å². The molecule has 8 heteroatoms. The van der Waals surface area contributed by atoms with E-state index in [0.29, 0.717) is 11.3 Å². The zero-order chi connectivity index (χ0) is 26.3. The van der Waals surface area contributed by atoms with Crippen molar-refractivity contribution in [2.75, 3.05) is 11.9 Å². The first kappa shape index (κ1) is 26.3. The molecule has 0 spiro atoms. The second kappa shape index (κ2) is 11.4. The van der Waals surface area contributed by atoms with Crippen molar-refractivity contribution in [2.45, 2.75) is 38.5 Å². The molecule has 0 aromatic heterocycles. The van der Waals surface area contributed by atoms with Gasteiger partial charge < -0.3 is 20.5 Å². The number of hydrogen-bond donors (Lipinski definition) is 3. The van der Waals surface area contributed by atoms with Gasteiger partial charge in [-0.2, -0.15) is 0 Å². The standard InChI is InChI=1S/C28H29N3O5/c1-5-31(26(34)23(18-32)30-27(35)36-28(2,3)4)24(20-12-7-6-8-13-20)25(33)29-22-16-15-19-11-9-10-14-21(19)17-22/h1,6-17,23-24,32H,18H2,2-4H3,(H,29,33)(H,30,35). The molecule has 0 aliphatic carbocycles. The summed E-state index contributed by atoms with van der Waals surface area (Å²) in [5, 5.41) is 16.9. The van der Waals surface area contributed by atoms with Crippen molar-refractivity contribution >= 4 is 34.4 Å². The summed E-state index contributed by atoms with van der Waals surface area (Å²) < 4.78 is 5.18. The van der Waals surface area contributed by atoms with Crippen LogP contribution in [0.1, 0.15) is 32.4 Å². The highest BCUT2D eigenvalue weighted by Gasteiger charge is 2.35. The molecule has 2 atom stereocenters. The van der Waals surface area contributed by atoms with Gasteiger partial charge in [0.25, 0.3) is 11.8 Å². The van der Waals surface area contributed by atoms with Gasteiger partial charge in [-0.15, -0.1) is 0 Å². The van der Waals surface area contributed by atoms with Crippen molar-refractivity contribution in [3.63, 3.8) is 0 Å². The lowest BCUT2D eigenvalue weighted by molar-refractivity contribution is -0.137. The number of nitrogens with one attached hydrogen (secondary N) is 2. The molecule has 0 bridgehead atoms. The van der Waals surface area contributed by atoms with Crippen molar-refractivity contribution in [2.24, 2.45) is 0 Å². The van der Waals surface area contributed by atoms with Crippen molar-refractivity contribution < 1.29 is 24.2 Å². The molecule has 0 saturated heterocycles. The summed E-state index contributed by atoms with van der Waals surface area (Å²) in [5.41, 5.74) is 0.163. The van der Waals surface area contributed by atoms with Crippen molar-refractivity contribution in [1.82, 2.24) is 10.2 Å². The average Bonchev–Trinajstić information content (AvgIpc) is 2.84. The summed E-state index contributed by atoms with van der Waals surface area (Å²) in [5.74, 6) is -1.40. The van der Waals surface area contributed by atoms with Gasteiger partial charge in [-0.3, -0.25) is 14.5 Å². The molecule has 36 heavy (non-hydrogen) atoms. The van der Waals surface area contributed by atoms with Gasteiger partial charge in [0.15, 0.2) is 0 Å². The number of anilines is 1. The van der Waals surface area contributed by atoms with Crippen LogP contribution in [0.3, 0.4) is 0 Å². The molecule has 0 fully saturated rings. The summed E-state index contributed by atoms with van der Waals surface area (Å²) in [6.07, 6.45) is 4.79. The Morgan fingerprint density at radius 2 is 1.64 bits per heavy atom. The van der Waals surface area contributed by atoms with Crippen molar-refractivity contribution in [3.8, 4) is 12.5 Å². The fourth-order valence-corrected chi connectivity index (χ4v) is 3.60. The van der Waals surface area contributed by atoms with Crippen LogP contribution in [0.4, 0.5) is 10.5 Å². The monoisotopic (exact) mass is 487 g/mol. The van der Waals surface area contributed by atoms with Crippen molar-refractivity contribution in [1.29, 1.82) is 0 Å². The first-order valence-electron chi connectivity index (χ1n) is 11.4. The zero-order valence-electron chi connectivity index (χ0n) is 20.4. The van der Waals surface area contributed by atoms with E-state index in [1.807, 2.05) is 36.4 Å². The first-order chi connectivity index (χ1) is 17.1. The van der Waals surface area contributed by atoms with E-state index >= 15 is 0 Å². The Bertz CT molecular complexity index is 1280. The number of fused-ring (bicyclic) bond motifs is 1. The SMILES string of the molecule is C#CN(C(=O)C(CO)NC(=O)OC(C)(C)C)C(C(=O)Nc1ccc2ccccc2c1)c1ccccc1. The summed E-state index contributed by atoms with van der Waals surface area (Å²) in [6, 6.07) is 21.3. The van der Waals surface area contributed by atoms with E-state index in [0.717, 1.165) is 15.7 Å². The van der Waals surface area contributed by atoms with Gasteiger partial charge in [0.1, 0.15) is 17.7 Å². The number of amides is 3. The third kappa shape index (κ3) is 6.62. The van der Waals surface area contributed by atoms with E-state index in [2.05, 4.69) is 16.7 Å². The van der Waals surface area contributed by atoms with E-state index in [1.165, 1.54) is 0 Å². The number of hydrogen-bond acceptors (Lipinski definition) is 5. The van der Waals surface area contributed by atoms with Crippen LogP contribution >= 0.6 is 0 Å². The zero-order valence-corrected chi connectivity index (χ0v) is 20.4. The minimum atomic E-state index is -1.42. The Morgan fingerprint density at radius 1 is 1.00 bits per heavy atom. The van der Waals surface area contributed by atoms with Crippen LogP contribution in [0.5, 0.6) is 0 Å². The predicted molar refractivity (Wildman–Crippen MR) is 138 cm³/mol. The van der Waals surface area contributed by atoms with E-state index in [4.69, 9.17) is 11.2 Å². The van der Waals surface area contributed by atoms with Gasteiger partial charge in [-0.25, -0.2) is 4.79 Å². The lowest BCUT2D eigenvalue weighted by Gasteiger charge is -2.29. The van der Waals surface area contributed by atoms with Gasteiger partial charge in [0, 0.05) is 11.7 Å². The largest absolute Gasteiger partial charge is 0.444 e. The number of ether oxygens (including phenoxy) is 1. The molecule has 186 valence electrons. The number of nitrogens with zero attached hydrogens (tertiary/aromatic N) is 1. The van der Waals surface area contributed by atoms with Crippen LogP contribution in [0, 0.1) is 12.5 Å². The lowest BCUT2D eigenvalue weighted by atomic mass is 10.0. The maximum Gasteiger partial charge on any atom is 0.408 e. The number of carbonyl (C=O) groups excluding carboxylic acids is 3. The Morgan fingerprint density at radius 3 is 2.25 bits per heavy atom. The highest BCUT2D eigenvalue weighted by Crippen LogP contribution is 2.25. The van der Waals surface area contributed by atoms with Crippen molar-refractivity contribution in [3.05, 3.63) is 78.4 Å². The molecule has 3 N–H and O–H groups in total. The van der Waals surface area contributed by atoms with E-state index in [1.54, 1.807) is 57.2 Å². The number of carbonyl (C=O) groups is 3. The minimum absolute atomic E-state index is 0.455. The van der Waals surface area contributed by atoms with Crippen LogP contribution in [0.25, 0.3) is 10.8 Å². The lowest BCUT2D eigenvalue weighted by Crippen LogP contribution is -2.52. The summed E-state index contributed by atoms with van der Waals surface area (Å²) in [4.78, 5) is 39.9. The fourth-order valence-electron chi connectivity index (χ4n) is 3.60. The Kier molecular flexibility index (Phi) is 8.30. The van der Waals surface area contributed by atoms with Crippen LogP contribution in [0.2, 0.25) is 0 Å². The van der Waals surface area contributed by atoms with Crippen LogP contribution in [-0.4, -0.2) is 46.2 Å². The second-order valence-electron chi connectivity index (χ2n) is 9.08. The topological polar surface area (TPSA) is 108 Å². The Hall–Kier alpha value is -4.35. The summed E-state index contributed by atoms with van der Waals surface area (Å²) in [7, 11) is 0. The molecule has 3 aromatic rings. The number of rotatable bonds is 7. The Labute approximate surface area is 210 Å². The number of aliphatic hydroxyl groups is 1. The molecular formula is C28H29N3O5. The maximum atomic E-state index is 13.5. The number of benzene rings is 3. The molecule has 0 radical (unpaired) electrons. The maximum absolute atomic E-state index is 13.5. The molecule has 3 rings (SSSR count). The summed E-state index contributed by atoms with van der Waals surface area (Å²) >= 11 is 0. The summed E-state index contributed by atoms with van der Waals surface area (Å²) in [6.45, 7) is 4.25. The quantitative estimate of drug-likeness (QED) is 0.347.